The predicted octanol–water partition coefficient (Wildman–Crippen LogP) is 3.10. The van der Waals surface area contributed by atoms with Crippen LogP contribution in [-0.4, -0.2) is 64.5 Å². The maximum absolute atomic E-state index is 13.5. The maximum atomic E-state index is 13.5. The number of aromatic nitrogens is 3. The fraction of sp³-hybridized carbons (Fsp3) is 0.476. The van der Waals surface area contributed by atoms with Crippen molar-refractivity contribution in [1.29, 1.82) is 0 Å². The molecule has 0 bridgehead atoms. The second-order valence-corrected chi connectivity index (χ2v) is 11.5. The molecule has 1 saturated carbocycles. The lowest BCUT2D eigenvalue weighted by atomic mass is 10.1. The molecule has 0 N–H and O–H groups in total. The molecule has 0 radical (unpaired) electrons. The number of fused-ring (bicyclic) bond motifs is 1. The Labute approximate surface area is 185 Å². The fourth-order valence-electron chi connectivity index (χ4n) is 4.02. The minimum absolute atomic E-state index is 0.0780. The molecule has 1 aliphatic heterocycles. The van der Waals surface area contributed by atoms with Crippen LogP contribution in [-0.2, 0) is 10.0 Å². The fourth-order valence-corrected chi connectivity index (χ4v) is 6.59. The van der Waals surface area contributed by atoms with E-state index in [-0.39, 0.29) is 11.9 Å². The van der Waals surface area contributed by atoms with Crippen LogP contribution >= 0.6 is 11.3 Å². The first-order valence-electron chi connectivity index (χ1n) is 10.6. The van der Waals surface area contributed by atoms with Crippen molar-refractivity contribution < 1.29 is 13.2 Å². The summed E-state index contributed by atoms with van der Waals surface area (Å²) < 4.78 is 29.2. The van der Waals surface area contributed by atoms with Crippen molar-refractivity contribution in [2.24, 2.45) is 0 Å². The van der Waals surface area contributed by atoms with E-state index in [4.69, 9.17) is 4.98 Å². The first kappa shape index (κ1) is 20.6. The van der Waals surface area contributed by atoms with E-state index < -0.39 is 10.0 Å². The average Bonchev–Trinajstić information content (AvgIpc) is 3.27. The number of thiophene rings is 1. The summed E-state index contributed by atoms with van der Waals surface area (Å²) in [6.07, 6.45) is 3.92. The Balaban J connectivity index is 1.41. The summed E-state index contributed by atoms with van der Waals surface area (Å²) in [5, 5.41) is 6.99. The Bertz CT molecular complexity index is 1220. The molecule has 1 aliphatic carbocycles. The molecule has 0 aromatic carbocycles. The second kappa shape index (κ2) is 7.68. The number of hydrogen-bond acceptors (Lipinski definition) is 6. The first-order valence-corrected chi connectivity index (χ1v) is 12.9. The number of amides is 1. The number of carbonyl (C=O) groups is 1. The van der Waals surface area contributed by atoms with Gasteiger partial charge in [0.2, 0.25) is 0 Å². The lowest BCUT2D eigenvalue weighted by molar-refractivity contribution is 0.0700. The molecular formula is C21H25N5O3S2. The maximum Gasteiger partial charge on any atom is 0.254 e. The third kappa shape index (κ3) is 3.66. The summed E-state index contributed by atoms with van der Waals surface area (Å²) in [4.78, 5) is 20.0. The molecule has 5 rings (SSSR count). The van der Waals surface area contributed by atoms with Gasteiger partial charge in [-0.05, 0) is 44.2 Å². The molecule has 1 amide bonds. The summed E-state index contributed by atoms with van der Waals surface area (Å²) >= 11 is 1.22. The summed E-state index contributed by atoms with van der Waals surface area (Å²) in [7, 11) is -3.49. The number of nitrogens with zero attached hydrogens (tertiary/aromatic N) is 5. The van der Waals surface area contributed by atoms with Crippen LogP contribution in [0.25, 0.3) is 11.0 Å². The quantitative estimate of drug-likeness (QED) is 0.585. The van der Waals surface area contributed by atoms with Crippen molar-refractivity contribution in [3.63, 3.8) is 0 Å². The smallest absolute Gasteiger partial charge is 0.254 e. The third-order valence-electron chi connectivity index (χ3n) is 5.92. The molecule has 8 nitrogen and oxygen atoms in total. The molecule has 3 aromatic rings. The Kier molecular flexibility index (Phi) is 5.10. The van der Waals surface area contributed by atoms with E-state index in [2.05, 4.69) is 5.10 Å². The van der Waals surface area contributed by atoms with Crippen LogP contribution in [0, 0.1) is 0 Å². The van der Waals surface area contributed by atoms with E-state index >= 15 is 0 Å². The topological polar surface area (TPSA) is 88.4 Å². The first-order chi connectivity index (χ1) is 14.9. The van der Waals surface area contributed by atoms with Crippen molar-refractivity contribution in [1.82, 2.24) is 24.0 Å². The lowest BCUT2D eigenvalue weighted by Crippen LogP contribution is -2.50. The van der Waals surface area contributed by atoms with Gasteiger partial charge in [0, 0.05) is 43.8 Å². The van der Waals surface area contributed by atoms with Crippen LogP contribution in [0.15, 0.2) is 34.0 Å². The molecule has 2 fully saturated rings. The van der Waals surface area contributed by atoms with E-state index in [1.54, 1.807) is 28.6 Å². The van der Waals surface area contributed by atoms with Gasteiger partial charge in [-0.3, -0.25) is 4.79 Å². The van der Waals surface area contributed by atoms with Crippen LogP contribution in [0.2, 0.25) is 0 Å². The van der Waals surface area contributed by atoms with E-state index in [9.17, 15) is 13.2 Å². The monoisotopic (exact) mass is 459 g/mol. The average molecular weight is 460 g/mol. The molecule has 4 heterocycles. The number of pyridine rings is 1. The number of carbonyl (C=O) groups excluding carboxylic acids is 1. The van der Waals surface area contributed by atoms with Gasteiger partial charge >= 0.3 is 0 Å². The second-order valence-electron chi connectivity index (χ2n) is 8.42. The van der Waals surface area contributed by atoms with Crippen LogP contribution in [0.4, 0.5) is 0 Å². The SMILES string of the molecule is CC(C)n1ncc2c(C(=O)N3CCN(S(=O)(=O)c4cccs4)CC3)cc(C3CC3)nc21. The van der Waals surface area contributed by atoms with Crippen LogP contribution in [0.5, 0.6) is 0 Å². The molecule has 0 spiro atoms. The van der Waals surface area contributed by atoms with Gasteiger partial charge in [-0.15, -0.1) is 11.3 Å². The molecule has 10 heteroatoms. The lowest BCUT2D eigenvalue weighted by Gasteiger charge is -2.33. The van der Waals surface area contributed by atoms with Gasteiger partial charge in [-0.1, -0.05) is 6.07 Å². The van der Waals surface area contributed by atoms with Crippen LogP contribution < -0.4 is 0 Å². The van der Waals surface area contributed by atoms with Gasteiger partial charge in [0.15, 0.2) is 5.65 Å². The van der Waals surface area contributed by atoms with E-state index in [1.165, 1.54) is 15.6 Å². The summed E-state index contributed by atoms with van der Waals surface area (Å²) in [6.45, 7) is 5.41. The molecule has 3 aromatic heterocycles. The van der Waals surface area contributed by atoms with Crippen LogP contribution in [0.3, 0.4) is 0 Å². The van der Waals surface area contributed by atoms with Gasteiger partial charge in [-0.2, -0.15) is 9.40 Å². The minimum atomic E-state index is -3.49. The summed E-state index contributed by atoms with van der Waals surface area (Å²) in [6, 6.07) is 5.43. The number of rotatable bonds is 5. The zero-order chi connectivity index (χ0) is 21.8. The van der Waals surface area contributed by atoms with Crippen molar-refractivity contribution in [3.8, 4) is 0 Å². The highest BCUT2D eigenvalue weighted by atomic mass is 32.2. The van der Waals surface area contributed by atoms with Gasteiger partial charge < -0.3 is 4.90 Å². The van der Waals surface area contributed by atoms with E-state index in [0.717, 1.165) is 29.6 Å². The number of sulfonamides is 1. The highest BCUT2D eigenvalue weighted by molar-refractivity contribution is 7.91. The minimum Gasteiger partial charge on any atom is -0.336 e. The van der Waals surface area contributed by atoms with Crippen molar-refractivity contribution in [3.05, 3.63) is 41.0 Å². The van der Waals surface area contributed by atoms with Gasteiger partial charge in [0.25, 0.3) is 15.9 Å². The van der Waals surface area contributed by atoms with E-state index in [1.807, 2.05) is 24.6 Å². The summed E-state index contributed by atoms with van der Waals surface area (Å²) in [5.41, 5.74) is 2.33. The number of piperazine rings is 1. The van der Waals surface area contributed by atoms with Gasteiger partial charge in [0.05, 0.1) is 17.1 Å². The molecular weight excluding hydrogens is 434 g/mol. The van der Waals surface area contributed by atoms with E-state index in [0.29, 0.717) is 41.9 Å². The Morgan fingerprint density at radius 1 is 1.19 bits per heavy atom. The van der Waals surface area contributed by atoms with Crippen molar-refractivity contribution in [2.45, 2.75) is 42.9 Å². The highest BCUT2D eigenvalue weighted by Gasteiger charge is 2.33. The standard InChI is InChI=1S/C21H25N5O3S2/c1-14(2)26-20-17(13-22-26)16(12-18(23-20)15-5-6-15)21(27)24-7-9-25(10-8-24)31(28,29)19-4-3-11-30-19/h3-4,11-15H,5-10H2,1-2H3. The molecule has 1 saturated heterocycles. The third-order valence-corrected chi connectivity index (χ3v) is 9.19. The number of hydrogen-bond donors (Lipinski definition) is 0. The zero-order valence-electron chi connectivity index (χ0n) is 17.6. The normalized spacial score (nSPS) is 18.2. The Morgan fingerprint density at radius 2 is 1.94 bits per heavy atom. The highest BCUT2D eigenvalue weighted by Crippen LogP contribution is 2.40. The largest absolute Gasteiger partial charge is 0.336 e. The van der Waals surface area contributed by atoms with Crippen LogP contribution in [0.1, 0.15) is 54.7 Å². The molecule has 31 heavy (non-hydrogen) atoms. The molecule has 2 aliphatic rings. The predicted molar refractivity (Wildman–Crippen MR) is 119 cm³/mol. The van der Waals surface area contributed by atoms with Crippen molar-refractivity contribution in [2.75, 3.05) is 26.2 Å². The summed E-state index contributed by atoms with van der Waals surface area (Å²) in [5.74, 6) is 0.338. The molecule has 164 valence electrons. The van der Waals surface area contributed by atoms with Gasteiger partial charge in [-0.25, -0.2) is 18.1 Å². The zero-order valence-corrected chi connectivity index (χ0v) is 19.2. The Hall–Kier alpha value is -2.30. The molecule has 0 unspecified atom stereocenters. The van der Waals surface area contributed by atoms with Gasteiger partial charge in [0.1, 0.15) is 4.21 Å². The van der Waals surface area contributed by atoms with Crippen molar-refractivity contribution >= 4 is 38.3 Å². The Morgan fingerprint density at radius 3 is 2.55 bits per heavy atom. The molecule has 0 atom stereocenters.